The van der Waals surface area contributed by atoms with Crippen LogP contribution in [0.5, 0.6) is 0 Å². The first-order valence-electron chi connectivity index (χ1n) is 6.66. The second-order valence-corrected chi connectivity index (χ2v) is 7.43. The third kappa shape index (κ3) is 4.01. The van der Waals surface area contributed by atoms with E-state index in [0.717, 1.165) is 22.1 Å². The van der Waals surface area contributed by atoms with Crippen LogP contribution in [-0.2, 0) is 6.54 Å². The predicted molar refractivity (Wildman–Crippen MR) is 89.6 cm³/mol. The van der Waals surface area contributed by atoms with Crippen LogP contribution in [-0.4, -0.2) is 6.04 Å². The average Bonchev–Trinajstić information content (AvgIpc) is 3.25. The molecule has 0 radical (unpaired) electrons. The van der Waals surface area contributed by atoms with Crippen LogP contribution < -0.4 is 5.32 Å². The summed E-state index contributed by atoms with van der Waals surface area (Å²) in [5.41, 5.74) is 1.35. The Morgan fingerprint density at radius 2 is 1.90 bits per heavy atom. The van der Waals surface area contributed by atoms with Crippen molar-refractivity contribution >= 4 is 39.3 Å². The second kappa shape index (κ2) is 6.52. The summed E-state index contributed by atoms with van der Waals surface area (Å²) in [5.74, 6) is 0. The van der Waals surface area contributed by atoms with E-state index in [9.17, 15) is 0 Å². The fourth-order valence-corrected chi connectivity index (χ4v) is 3.56. The van der Waals surface area contributed by atoms with E-state index >= 15 is 0 Å². The molecule has 0 aromatic heterocycles. The van der Waals surface area contributed by atoms with Crippen molar-refractivity contribution in [1.82, 2.24) is 5.32 Å². The largest absolute Gasteiger partial charge is 0.310 e. The summed E-state index contributed by atoms with van der Waals surface area (Å²) in [6.07, 6.45) is 2.63. The lowest BCUT2D eigenvalue weighted by molar-refractivity contribution is 0.680. The number of benzene rings is 2. The van der Waals surface area contributed by atoms with E-state index in [1.54, 1.807) is 11.8 Å². The van der Waals surface area contributed by atoms with Gasteiger partial charge in [-0.25, -0.2) is 0 Å². The molecule has 0 spiro atoms. The van der Waals surface area contributed by atoms with Crippen molar-refractivity contribution in [2.45, 2.75) is 35.2 Å². The summed E-state index contributed by atoms with van der Waals surface area (Å²) in [4.78, 5) is 2.50. The van der Waals surface area contributed by atoms with Crippen LogP contribution in [0.15, 0.2) is 56.7 Å². The second-order valence-electron chi connectivity index (χ2n) is 4.96. The molecule has 2 aromatic carbocycles. The zero-order valence-corrected chi connectivity index (χ0v) is 14.1. The first-order chi connectivity index (χ1) is 9.70. The summed E-state index contributed by atoms with van der Waals surface area (Å²) >= 11 is 11.3. The maximum atomic E-state index is 5.94. The topological polar surface area (TPSA) is 12.0 Å². The molecule has 1 N–H and O–H groups in total. The van der Waals surface area contributed by atoms with Gasteiger partial charge in [0.25, 0.3) is 0 Å². The van der Waals surface area contributed by atoms with Gasteiger partial charge in [0.15, 0.2) is 0 Å². The zero-order chi connectivity index (χ0) is 13.9. The van der Waals surface area contributed by atoms with Gasteiger partial charge in [0.05, 0.1) is 0 Å². The monoisotopic (exact) mass is 367 g/mol. The minimum Gasteiger partial charge on any atom is -0.310 e. The van der Waals surface area contributed by atoms with Crippen molar-refractivity contribution in [3.63, 3.8) is 0 Å². The van der Waals surface area contributed by atoms with Gasteiger partial charge < -0.3 is 5.32 Å². The van der Waals surface area contributed by atoms with Crippen molar-refractivity contribution in [3.8, 4) is 0 Å². The molecule has 3 rings (SSSR count). The van der Waals surface area contributed by atoms with E-state index in [-0.39, 0.29) is 0 Å². The van der Waals surface area contributed by atoms with Gasteiger partial charge in [0.2, 0.25) is 0 Å². The highest BCUT2D eigenvalue weighted by molar-refractivity contribution is 9.10. The summed E-state index contributed by atoms with van der Waals surface area (Å²) in [7, 11) is 0. The number of nitrogens with one attached hydrogen (secondary N) is 1. The molecule has 0 aliphatic heterocycles. The molecule has 1 saturated carbocycles. The molecule has 1 aliphatic carbocycles. The minimum atomic E-state index is 0.729. The summed E-state index contributed by atoms with van der Waals surface area (Å²) in [6, 6.07) is 15.2. The SMILES string of the molecule is Clc1ccc(Sc2cc(Br)ccc2CNC2CC2)cc1. The number of hydrogen-bond acceptors (Lipinski definition) is 2. The summed E-state index contributed by atoms with van der Waals surface area (Å²) in [6.45, 7) is 0.938. The van der Waals surface area contributed by atoms with Gasteiger partial charge in [-0.1, -0.05) is 45.4 Å². The molecule has 0 atom stereocenters. The first kappa shape index (κ1) is 14.5. The Labute approximate surface area is 137 Å². The Hall–Kier alpha value is -0.480. The van der Waals surface area contributed by atoms with Crippen molar-refractivity contribution in [2.24, 2.45) is 0 Å². The lowest BCUT2D eigenvalue weighted by atomic mass is 10.2. The van der Waals surface area contributed by atoms with Crippen molar-refractivity contribution in [1.29, 1.82) is 0 Å². The third-order valence-electron chi connectivity index (χ3n) is 3.23. The molecule has 104 valence electrons. The first-order valence-corrected chi connectivity index (χ1v) is 8.65. The van der Waals surface area contributed by atoms with Gasteiger partial charge in [-0.2, -0.15) is 0 Å². The highest BCUT2D eigenvalue weighted by atomic mass is 79.9. The normalized spacial score (nSPS) is 14.5. The molecular weight excluding hydrogens is 354 g/mol. The van der Waals surface area contributed by atoms with E-state index in [1.807, 2.05) is 12.1 Å². The molecule has 4 heteroatoms. The highest BCUT2D eigenvalue weighted by Gasteiger charge is 2.20. The van der Waals surface area contributed by atoms with Crippen LogP contribution in [0.1, 0.15) is 18.4 Å². The molecule has 0 unspecified atom stereocenters. The molecule has 0 amide bonds. The Morgan fingerprint density at radius 1 is 1.15 bits per heavy atom. The lowest BCUT2D eigenvalue weighted by Gasteiger charge is -2.11. The van der Waals surface area contributed by atoms with E-state index in [2.05, 4.69) is 51.6 Å². The molecular formula is C16H15BrClNS. The van der Waals surface area contributed by atoms with Gasteiger partial charge in [-0.15, -0.1) is 0 Å². The molecule has 20 heavy (non-hydrogen) atoms. The molecule has 0 saturated heterocycles. The van der Waals surface area contributed by atoms with Crippen molar-refractivity contribution < 1.29 is 0 Å². The fourth-order valence-electron chi connectivity index (χ4n) is 1.94. The van der Waals surface area contributed by atoms with E-state index in [0.29, 0.717) is 0 Å². The van der Waals surface area contributed by atoms with Crippen LogP contribution >= 0.6 is 39.3 Å². The van der Waals surface area contributed by atoms with E-state index in [4.69, 9.17) is 11.6 Å². The predicted octanol–water partition coefficient (Wildman–Crippen LogP) is 5.51. The average molecular weight is 369 g/mol. The number of halogens is 2. The van der Waals surface area contributed by atoms with Crippen LogP contribution in [0.2, 0.25) is 5.02 Å². The van der Waals surface area contributed by atoms with Gasteiger partial charge in [-0.3, -0.25) is 0 Å². The molecule has 1 aliphatic rings. The summed E-state index contributed by atoms with van der Waals surface area (Å²) < 4.78 is 1.11. The Kier molecular flexibility index (Phi) is 4.72. The van der Waals surface area contributed by atoms with Crippen molar-refractivity contribution in [3.05, 3.63) is 57.5 Å². The van der Waals surface area contributed by atoms with Crippen LogP contribution in [0, 0.1) is 0 Å². The maximum Gasteiger partial charge on any atom is 0.0406 e. The Balaban J connectivity index is 1.78. The smallest absolute Gasteiger partial charge is 0.0406 e. The quantitative estimate of drug-likeness (QED) is 0.747. The molecule has 0 bridgehead atoms. The zero-order valence-electron chi connectivity index (χ0n) is 10.9. The lowest BCUT2D eigenvalue weighted by Crippen LogP contribution is -2.15. The van der Waals surface area contributed by atoms with Gasteiger partial charge >= 0.3 is 0 Å². The number of rotatable bonds is 5. The minimum absolute atomic E-state index is 0.729. The van der Waals surface area contributed by atoms with E-state index < -0.39 is 0 Å². The van der Waals surface area contributed by atoms with Gasteiger partial charge in [0, 0.05) is 31.9 Å². The number of hydrogen-bond donors (Lipinski definition) is 1. The van der Waals surface area contributed by atoms with Crippen LogP contribution in [0.4, 0.5) is 0 Å². The molecule has 1 nitrogen and oxygen atoms in total. The molecule has 2 aromatic rings. The fraction of sp³-hybridized carbons (Fsp3) is 0.250. The summed E-state index contributed by atoms with van der Waals surface area (Å²) in [5, 5.41) is 4.35. The molecule has 1 fully saturated rings. The Bertz CT molecular complexity index is 596. The molecule has 0 heterocycles. The van der Waals surface area contributed by atoms with Crippen molar-refractivity contribution in [2.75, 3.05) is 0 Å². The van der Waals surface area contributed by atoms with Gasteiger partial charge in [0.1, 0.15) is 0 Å². The van der Waals surface area contributed by atoms with Crippen LogP contribution in [0.3, 0.4) is 0 Å². The Morgan fingerprint density at radius 3 is 2.60 bits per heavy atom. The van der Waals surface area contributed by atoms with E-state index in [1.165, 1.54) is 28.2 Å². The maximum absolute atomic E-state index is 5.94. The highest BCUT2D eigenvalue weighted by Crippen LogP contribution is 2.33. The standard InChI is InChI=1S/C16H15BrClNS/c17-12-2-1-11(10-19-14-5-6-14)16(9-12)20-15-7-3-13(18)4-8-15/h1-4,7-9,14,19H,5-6,10H2. The van der Waals surface area contributed by atoms with Gasteiger partial charge in [-0.05, 0) is 54.8 Å². The third-order valence-corrected chi connectivity index (χ3v) is 5.08. The van der Waals surface area contributed by atoms with Crippen LogP contribution in [0.25, 0.3) is 0 Å².